The maximum atomic E-state index is 12.7. The molecule has 0 heterocycles. The molecule has 0 aromatic heterocycles. The number of esters is 1. The van der Waals surface area contributed by atoms with Gasteiger partial charge in [-0.3, -0.25) is 4.79 Å². The van der Waals surface area contributed by atoms with E-state index in [0.29, 0.717) is 12.1 Å². The predicted molar refractivity (Wildman–Crippen MR) is 122 cm³/mol. The SMILES string of the molecule is C[C@H](c1ccc(N)cc1)N(C(N)=S)C(CCc1ccccc1)OC(=O)C(C)(C)C. The zero-order chi connectivity index (χ0) is 21.6. The minimum atomic E-state index is -0.628. The molecule has 0 radical (unpaired) electrons. The Bertz CT molecular complexity index is 816. The quantitative estimate of drug-likeness (QED) is 0.303. The number of hydrogen-bond donors (Lipinski definition) is 2. The molecule has 2 atom stereocenters. The fourth-order valence-corrected chi connectivity index (χ4v) is 3.28. The van der Waals surface area contributed by atoms with Crippen LogP contribution < -0.4 is 11.5 Å². The summed E-state index contributed by atoms with van der Waals surface area (Å²) in [6.07, 6.45) is 0.728. The molecule has 29 heavy (non-hydrogen) atoms. The van der Waals surface area contributed by atoms with Gasteiger partial charge in [0.25, 0.3) is 0 Å². The third-order valence-corrected chi connectivity index (χ3v) is 4.99. The molecule has 2 aromatic rings. The van der Waals surface area contributed by atoms with Gasteiger partial charge in [-0.15, -0.1) is 0 Å². The van der Waals surface area contributed by atoms with Crippen molar-refractivity contribution in [3.8, 4) is 0 Å². The minimum Gasteiger partial charge on any atom is -0.441 e. The van der Waals surface area contributed by atoms with E-state index in [1.807, 2.05) is 70.2 Å². The molecule has 0 spiro atoms. The maximum absolute atomic E-state index is 12.7. The Morgan fingerprint density at radius 2 is 1.69 bits per heavy atom. The Morgan fingerprint density at radius 3 is 2.21 bits per heavy atom. The molecular formula is C23H31N3O2S. The summed E-state index contributed by atoms with van der Waals surface area (Å²) in [5.74, 6) is -0.290. The third-order valence-electron chi connectivity index (χ3n) is 4.78. The number of aryl methyl sites for hydroxylation is 1. The van der Waals surface area contributed by atoms with Crippen LogP contribution in [0.4, 0.5) is 5.69 Å². The number of nitrogens with zero attached hydrogens (tertiary/aromatic N) is 1. The summed E-state index contributed by atoms with van der Waals surface area (Å²) in [5.41, 5.74) is 14.1. The van der Waals surface area contributed by atoms with Crippen LogP contribution in [-0.2, 0) is 16.0 Å². The normalized spacial score (nSPS) is 13.4. The van der Waals surface area contributed by atoms with Crippen LogP contribution in [0.2, 0.25) is 0 Å². The van der Waals surface area contributed by atoms with Gasteiger partial charge in [-0.2, -0.15) is 0 Å². The molecular weight excluding hydrogens is 382 g/mol. The van der Waals surface area contributed by atoms with Gasteiger partial charge < -0.3 is 21.1 Å². The average molecular weight is 414 g/mol. The van der Waals surface area contributed by atoms with Crippen LogP contribution in [0, 0.1) is 5.41 Å². The third kappa shape index (κ3) is 6.46. The predicted octanol–water partition coefficient (Wildman–Crippen LogP) is 4.42. The Balaban J connectivity index is 2.31. The topological polar surface area (TPSA) is 81.6 Å². The Morgan fingerprint density at radius 1 is 1.10 bits per heavy atom. The van der Waals surface area contributed by atoms with E-state index in [0.717, 1.165) is 17.5 Å². The largest absolute Gasteiger partial charge is 0.441 e. The molecule has 0 aliphatic heterocycles. The summed E-state index contributed by atoms with van der Waals surface area (Å²) in [6.45, 7) is 7.49. The summed E-state index contributed by atoms with van der Waals surface area (Å²) in [5, 5.41) is 0.189. The van der Waals surface area contributed by atoms with E-state index < -0.39 is 11.6 Å². The lowest BCUT2D eigenvalue weighted by Gasteiger charge is -2.38. The highest BCUT2D eigenvalue weighted by atomic mass is 32.1. The summed E-state index contributed by atoms with van der Waals surface area (Å²) >= 11 is 5.36. The molecule has 0 aliphatic carbocycles. The highest BCUT2D eigenvalue weighted by molar-refractivity contribution is 7.80. The number of thiocarbonyl (C=S) groups is 1. The first-order valence-electron chi connectivity index (χ1n) is 9.78. The molecule has 5 nitrogen and oxygen atoms in total. The van der Waals surface area contributed by atoms with Gasteiger partial charge in [-0.05, 0) is 69.6 Å². The Kier molecular flexibility index (Phi) is 7.62. The number of anilines is 1. The summed E-state index contributed by atoms with van der Waals surface area (Å²) < 4.78 is 5.92. The molecule has 6 heteroatoms. The van der Waals surface area contributed by atoms with Crippen LogP contribution in [0.15, 0.2) is 54.6 Å². The summed E-state index contributed by atoms with van der Waals surface area (Å²) in [6, 6.07) is 17.4. The van der Waals surface area contributed by atoms with E-state index in [-0.39, 0.29) is 17.1 Å². The molecule has 4 N–H and O–H groups in total. The van der Waals surface area contributed by atoms with Crippen LogP contribution in [0.5, 0.6) is 0 Å². The van der Waals surface area contributed by atoms with Crippen molar-refractivity contribution in [2.45, 2.75) is 52.8 Å². The zero-order valence-corrected chi connectivity index (χ0v) is 18.4. The molecule has 0 saturated heterocycles. The van der Waals surface area contributed by atoms with Crippen molar-refractivity contribution < 1.29 is 9.53 Å². The standard InChI is InChI=1S/C23H31N3O2S/c1-16(18-11-13-19(24)14-12-18)26(22(25)29)20(28-21(27)23(2,3)4)15-10-17-8-6-5-7-9-17/h5-9,11-14,16,20H,10,15,24H2,1-4H3,(H2,25,29)/t16-,20?/m1/s1. The smallest absolute Gasteiger partial charge is 0.313 e. The van der Waals surface area contributed by atoms with Crippen molar-refractivity contribution in [1.29, 1.82) is 0 Å². The zero-order valence-electron chi connectivity index (χ0n) is 17.6. The molecule has 0 amide bonds. The number of rotatable bonds is 7. The molecule has 2 rings (SSSR count). The van der Waals surface area contributed by atoms with Crippen molar-refractivity contribution in [2.75, 3.05) is 5.73 Å². The van der Waals surface area contributed by atoms with Crippen molar-refractivity contribution in [3.05, 3.63) is 65.7 Å². The number of nitrogen functional groups attached to an aromatic ring is 1. The lowest BCUT2D eigenvalue weighted by atomic mass is 9.97. The minimum absolute atomic E-state index is 0.179. The number of hydrogen-bond acceptors (Lipinski definition) is 4. The van der Waals surface area contributed by atoms with Gasteiger partial charge in [-0.25, -0.2) is 0 Å². The fourth-order valence-electron chi connectivity index (χ4n) is 3.01. The van der Waals surface area contributed by atoms with Crippen LogP contribution >= 0.6 is 12.2 Å². The number of nitrogens with two attached hydrogens (primary N) is 2. The summed E-state index contributed by atoms with van der Waals surface area (Å²) in [7, 11) is 0. The van der Waals surface area contributed by atoms with Gasteiger partial charge in [0.2, 0.25) is 0 Å². The second-order valence-corrected chi connectivity index (χ2v) is 8.64. The van der Waals surface area contributed by atoms with Crippen molar-refractivity contribution in [3.63, 3.8) is 0 Å². The van der Waals surface area contributed by atoms with Crippen molar-refractivity contribution in [1.82, 2.24) is 4.90 Å². The molecule has 2 aromatic carbocycles. The summed E-state index contributed by atoms with van der Waals surface area (Å²) in [4.78, 5) is 14.5. The fraction of sp³-hybridized carbons (Fsp3) is 0.391. The van der Waals surface area contributed by atoms with Gasteiger partial charge in [-0.1, -0.05) is 42.5 Å². The highest BCUT2D eigenvalue weighted by Crippen LogP contribution is 2.28. The molecule has 0 saturated carbocycles. The Labute approximate surface area is 179 Å². The van der Waals surface area contributed by atoms with E-state index in [4.69, 9.17) is 28.4 Å². The van der Waals surface area contributed by atoms with Crippen molar-refractivity contribution in [2.24, 2.45) is 11.1 Å². The van der Waals surface area contributed by atoms with Gasteiger partial charge >= 0.3 is 5.97 Å². The first kappa shape index (κ1) is 22.7. The van der Waals surface area contributed by atoms with Crippen LogP contribution in [0.25, 0.3) is 0 Å². The van der Waals surface area contributed by atoms with E-state index in [1.54, 1.807) is 4.90 Å². The molecule has 0 fully saturated rings. The van der Waals surface area contributed by atoms with Crippen molar-refractivity contribution >= 4 is 29.0 Å². The number of carbonyl (C=O) groups is 1. The second kappa shape index (κ2) is 9.74. The lowest BCUT2D eigenvalue weighted by molar-refractivity contribution is -0.167. The van der Waals surface area contributed by atoms with E-state index in [1.165, 1.54) is 0 Å². The molecule has 0 bridgehead atoms. The first-order chi connectivity index (χ1) is 13.6. The van der Waals surface area contributed by atoms with Crippen LogP contribution in [0.1, 0.15) is 51.3 Å². The molecule has 0 aliphatic rings. The maximum Gasteiger partial charge on any atom is 0.313 e. The van der Waals surface area contributed by atoms with Gasteiger partial charge in [0, 0.05) is 12.1 Å². The van der Waals surface area contributed by atoms with E-state index >= 15 is 0 Å². The monoisotopic (exact) mass is 413 g/mol. The second-order valence-electron chi connectivity index (χ2n) is 8.22. The van der Waals surface area contributed by atoms with Crippen LogP contribution in [-0.4, -0.2) is 22.2 Å². The van der Waals surface area contributed by atoms with Crippen LogP contribution in [0.3, 0.4) is 0 Å². The molecule has 1 unspecified atom stereocenters. The van der Waals surface area contributed by atoms with E-state index in [2.05, 4.69) is 12.1 Å². The number of ether oxygens (including phenoxy) is 1. The highest BCUT2D eigenvalue weighted by Gasteiger charge is 2.32. The van der Waals surface area contributed by atoms with Gasteiger partial charge in [0.1, 0.15) is 0 Å². The van der Waals surface area contributed by atoms with E-state index in [9.17, 15) is 4.79 Å². The lowest BCUT2D eigenvalue weighted by Crippen LogP contribution is -2.48. The Hall–Kier alpha value is -2.60. The first-order valence-corrected chi connectivity index (χ1v) is 10.2. The van der Waals surface area contributed by atoms with Gasteiger partial charge in [0.15, 0.2) is 11.3 Å². The number of carbonyl (C=O) groups excluding carboxylic acids is 1. The van der Waals surface area contributed by atoms with Gasteiger partial charge in [0.05, 0.1) is 11.5 Å². The number of benzene rings is 2. The molecule has 156 valence electrons. The average Bonchev–Trinajstić information content (AvgIpc) is 2.66.